The smallest absolute Gasteiger partial charge is 0.374 e. The van der Waals surface area contributed by atoms with Gasteiger partial charge in [-0.3, -0.25) is 4.79 Å². The first-order valence-corrected chi connectivity index (χ1v) is 11.5. The molecule has 3 N–H and O–H groups in total. The highest BCUT2D eigenvalue weighted by Gasteiger charge is 2.31. The molecule has 0 bridgehead atoms. The van der Waals surface area contributed by atoms with E-state index in [9.17, 15) is 22.4 Å². The number of hydrogen-bond donors (Lipinski definition) is 3. The largest absolute Gasteiger partial charge is 0.416 e. The van der Waals surface area contributed by atoms with E-state index in [4.69, 9.17) is 12.2 Å². The zero-order valence-corrected chi connectivity index (χ0v) is 20.7. The van der Waals surface area contributed by atoms with Crippen molar-refractivity contribution in [2.45, 2.75) is 20.0 Å². The number of thiocarbonyl (C=S) groups is 1. The normalized spacial score (nSPS) is 11.2. The SMILES string of the molecule is CC(C)CN(C)c1cc(NC(=S)Nc2ccc(NC(=O)c3ccccc3F)cc2)cc(C(F)(F)F)c1. The van der Waals surface area contributed by atoms with Crippen LogP contribution in [-0.2, 0) is 6.18 Å². The zero-order chi connectivity index (χ0) is 26.5. The molecular formula is C26H26F4N4OS. The van der Waals surface area contributed by atoms with Crippen LogP contribution in [0.1, 0.15) is 29.8 Å². The van der Waals surface area contributed by atoms with Crippen molar-refractivity contribution in [2.75, 3.05) is 34.4 Å². The number of nitrogens with one attached hydrogen (secondary N) is 3. The maximum atomic E-state index is 13.8. The highest BCUT2D eigenvalue weighted by molar-refractivity contribution is 7.80. The Balaban J connectivity index is 1.68. The highest BCUT2D eigenvalue weighted by atomic mass is 32.1. The van der Waals surface area contributed by atoms with Gasteiger partial charge in [-0.2, -0.15) is 13.2 Å². The summed E-state index contributed by atoms with van der Waals surface area (Å²) in [6.45, 7) is 4.56. The Labute approximate surface area is 212 Å². The number of benzene rings is 3. The van der Waals surface area contributed by atoms with Gasteiger partial charge in [-0.25, -0.2) is 4.39 Å². The van der Waals surface area contributed by atoms with Crippen molar-refractivity contribution in [3.8, 4) is 0 Å². The summed E-state index contributed by atoms with van der Waals surface area (Å²) in [5.74, 6) is -0.949. The Kier molecular flexibility index (Phi) is 8.52. The number of anilines is 4. The molecule has 0 saturated carbocycles. The van der Waals surface area contributed by atoms with Gasteiger partial charge in [-0.05, 0) is 72.7 Å². The van der Waals surface area contributed by atoms with Gasteiger partial charge in [0.15, 0.2) is 5.11 Å². The van der Waals surface area contributed by atoms with Crippen molar-refractivity contribution in [2.24, 2.45) is 5.92 Å². The number of hydrogen-bond acceptors (Lipinski definition) is 3. The summed E-state index contributed by atoms with van der Waals surface area (Å²) in [4.78, 5) is 14.0. The van der Waals surface area contributed by atoms with Crippen LogP contribution in [0.15, 0.2) is 66.7 Å². The van der Waals surface area contributed by atoms with E-state index in [0.29, 0.717) is 23.6 Å². The molecule has 3 aromatic rings. The number of carbonyl (C=O) groups is 1. The number of amides is 1. The molecule has 5 nitrogen and oxygen atoms in total. The Hall–Kier alpha value is -3.66. The lowest BCUT2D eigenvalue weighted by Gasteiger charge is -2.24. The fourth-order valence-electron chi connectivity index (χ4n) is 3.49. The standard InChI is InChI=1S/C26H26F4N4OS/c1-16(2)15-34(3)21-13-17(26(28,29)30)12-20(14-21)33-25(36)32-19-10-8-18(9-11-19)31-24(35)22-6-4-5-7-23(22)27/h4-14,16H,15H2,1-3H3,(H,31,35)(H2,32,33,36). The van der Waals surface area contributed by atoms with E-state index < -0.39 is 23.5 Å². The van der Waals surface area contributed by atoms with E-state index in [1.54, 1.807) is 48.3 Å². The summed E-state index contributed by atoms with van der Waals surface area (Å²) in [5.41, 5.74) is 0.727. The summed E-state index contributed by atoms with van der Waals surface area (Å²) in [6, 6.07) is 15.8. The first kappa shape index (κ1) is 26.9. The summed E-state index contributed by atoms with van der Waals surface area (Å²) >= 11 is 5.29. The van der Waals surface area contributed by atoms with Crippen molar-refractivity contribution in [1.82, 2.24) is 0 Å². The van der Waals surface area contributed by atoms with Gasteiger partial charge in [0.2, 0.25) is 0 Å². The van der Waals surface area contributed by atoms with Gasteiger partial charge >= 0.3 is 6.18 Å². The van der Waals surface area contributed by atoms with E-state index in [1.165, 1.54) is 18.2 Å². The van der Waals surface area contributed by atoms with Crippen LogP contribution in [0.3, 0.4) is 0 Å². The summed E-state index contributed by atoms with van der Waals surface area (Å²) in [7, 11) is 1.74. The number of nitrogens with zero attached hydrogens (tertiary/aromatic N) is 1. The molecule has 0 atom stereocenters. The van der Waals surface area contributed by atoms with Gasteiger partial charge < -0.3 is 20.9 Å². The van der Waals surface area contributed by atoms with Crippen LogP contribution < -0.4 is 20.9 Å². The van der Waals surface area contributed by atoms with Gasteiger partial charge in [0.1, 0.15) is 5.82 Å². The van der Waals surface area contributed by atoms with Crippen molar-refractivity contribution in [3.05, 3.63) is 83.7 Å². The average molecular weight is 519 g/mol. The molecule has 0 aliphatic heterocycles. The molecule has 36 heavy (non-hydrogen) atoms. The van der Waals surface area contributed by atoms with Gasteiger partial charge in [0, 0.05) is 36.3 Å². The number of carbonyl (C=O) groups excluding carboxylic acids is 1. The molecule has 0 aliphatic carbocycles. The number of rotatable bonds is 7. The molecule has 0 radical (unpaired) electrons. The molecule has 10 heteroatoms. The first-order chi connectivity index (χ1) is 16.9. The van der Waals surface area contributed by atoms with Crippen molar-refractivity contribution >= 4 is 46.0 Å². The van der Waals surface area contributed by atoms with Crippen LogP contribution >= 0.6 is 12.2 Å². The molecule has 0 unspecified atom stereocenters. The minimum atomic E-state index is -4.51. The Morgan fingerprint density at radius 3 is 2.08 bits per heavy atom. The highest BCUT2D eigenvalue weighted by Crippen LogP contribution is 2.34. The van der Waals surface area contributed by atoms with E-state index >= 15 is 0 Å². The lowest BCUT2D eigenvalue weighted by molar-refractivity contribution is -0.137. The minimum absolute atomic E-state index is 0.0791. The Bertz CT molecular complexity index is 1230. The molecule has 3 rings (SSSR count). The molecule has 0 fully saturated rings. The lowest BCUT2D eigenvalue weighted by atomic mass is 10.1. The van der Waals surface area contributed by atoms with Crippen LogP contribution in [0.4, 0.5) is 40.3 Å². The third kappa shape index (κ3) is 7.42. The van der Waals surface area contributed by atoms with Crippen molar-refractivity contribution in [1.29, 1.82) is 0 Å². The summed E-state index contributed by atoms with van der Waals surface area (Å²) in [6.07, 6.45) is -4.51. The molecular weight excluding hydrogens is 492 g/mol. The summed E-state index contributed by atoms with van der Waals surface area (Å²) in [5, 5.41) is 8.41. The van der Waals surface area contributed by atoms with Crippen LogP contribution in [-0.4, -0.2) is 24.6 Å². The van der Waals surface area contributed by atoms with Crippen LogP contribution in [0.5, 0.6) is 0 Å². The maximum absolute atomic E-state index is 13.8. The fourth-order valence-corrected chi connectivity index (χ4v) is 3.73. The second-order valence-corrected chi connectivity index (χ2v) is 9.04. The molecule has 0 aliphatic rings. The average Bonchev–Trinajstić information content (AvgIpc) is 2.79. The van der Waals surface area contributed by atoms with E-state index in [-0.39, 0.29) is 22.3 Å². The fraction of sp³-hybridized carbons (Fsp3) is 0.231. The van der Waals surface area contributed by atoms with Gasteiger partial charge in [0.05, 0.1) is 11.1 Å². The van der Waals surface area contributed by atoms with Crippen molar-refractivity contribution in [3.63, 3.8) is 0 Å². The van der Waals surface area contributed by atoms with Gasteiger partial charge in [-0.15, -0.1) is 0 Å². The van der Waals surface area contributed by atoms with Gasteiger partial charge in [-0.1, -0.05) is 26.0 Å². The number of alkyl halides is 3. The van der Waals surface area contributed by atoms with Crippen LogP contribution in [0.25, 0.3) is 0 Å². The zero-order valence-electron chi connectivity index (χ0n) is 19.9. The predicted octanol–water partition coefficient (Wildman–Crippen LogP) is 7.00. The monoisotopic (exact) mass is 518 g/mol. The Morgan fingerprint density at radius 1 is 0.917 bits per heavy atom. The lowest BCUT2D eigenvalue weighted by Crippen LogP contribution is -2.24. The van der Waals surface area contributed by atoms with E-state index in [0.717, 1.165) is 12.1 Å². The minimum Gasteiger partial charge on any atom is -0.374 e. The van der Waals surface area contributed by atoms with Crippen LogP contribution in [0, 0.1) is 11.7 Å². The molecule has 3 aromatic carbocycles. The van der Waals surface area contributed by atoms with E-state index in [1.807, 2.05) is 13.8 Å². The first-order valence-electron chi connectivity index (χ1n) is 11.1. The predicted molar refractivity (Wildman–Crippen MR) is 140 cm³/mol. The second kappa shape index (κ2) is 11.4. The molecule has 0 saturated heterocycles. The van der Waals surface area contributed by atoms with Crippen molar-refractivity contribution < 1.29 is 22.4 Å². The molecule has 0 spiro atoms. The number of halogens is 4. The molecule has 0 heterocycles. The van der Waals surface area contributed by atoms with E-state index in [2.05, 4.69) is 16.0 Å². The third-order valence-corrected chi connectivity index (χ3v) is 5.31. The quantitative estimate of drug-likeness (QED) is 0.232. The van der Waals surface area contributed by atoms with Gasteiger partial charge in [0.25, 0.3) is 5.91 Å². The maximum Gasteiger partial charge on any atom is 0.416 e. The topological polar surface area (TPSA) is 56.4 Å². The molecule has 0 aromatic heterocycles. The molecule has 1 amide bonds. The third-order valence-electron chi connectivity index (χ3n) is 5.10. The van der Waals surface area contributed by atoms with Crippen LogP contribution in [0.2, 0.25) is 0 Å². The second-order valence-electron chi connectivity index (χ2n) is 8.63. The Morgan fingerprint density at radius 2 is 1.50 bits per heavy atom. The molecule has 190 valence electrons. The summed E-state index contributed by atoms with van der Waals surface area (Å²) < 4.78 is 54.2.